The third kappa shape index (κ3) is 3.79. The summed E-state index contributed by atoms with van der Waals surface area (Å²) in [6.07, 6.45) is 9.12. The van der Waals surface area contributed by atoms with Crippen LogP contribution in [0, 0.1) is 11.3 Å². The number of piperidine rings is 2. The van der Waals surface area contributed by atoms with Gasteiger partial charge >= 0.3 is 0 Å². The smallest absolute Gasteiger partial charge is 0.107 e. The fraction of sp³-hybridized carbons (Fsp3) is 0.667. The molecule has 2 aliphatic rings. The van der Waals surface area contributed by atoms with Crippen LogP contribution in [0.15, 0.2) is 24.1 Å². The maximum atomic E-state index is 10.1. The number of hydrogen-bond acceptors (Lipinski definition) is 6. The maximum Gasteiger partial charge on any atom is 0.107 e. The minimum absolute atomic E-state index is 0.301. The number of H-pyrrole nitrogens is 1. The van der Waals surface area contributed by atoms with E-state index in [1.807, 2.05) is 17.8 Å². The second kappa shape index (κ2) is 7.53. The molecule has 4 heterocycles. The van der Waals surface area contributed by atoms with Gasteiger partial charge in [-0.25, -0.2) is 9.97 Å². The predicted molar refractivity (Wildman–Crippen MR) is 98.1 cm³/mol. The van der Waals surface area contributed by atoms with Gasteiger partial charge in [0.05, 0.1) is 12.9 Å². The normalized spacial score (nSPS) is 24.8. The maximum absolute atomic E-state index is 10.1. The molecule has 0 aromatic carbocycles. The number of rotatable bonds is 5. The Bertz CT molecular complexity index is 628. The van der Waals surface area contributed by atoms with Crippen LogP contribution in [0.25, 0.3) is 0 Å². The second-order valence-electron chi connectivity index (χ2n) is 7.51. The highest BCUT2D eigenvalue weighted by Crippen LogP contribution is 2.45. The average molecular weight is 362 g/mol. The SMILES string of the molecule is OC[C@H]1CN(Cc2nccs2)CCC12CCN(Cc1cnc[nH]1)CC2. The van der Waals surface area contributed by atoms with Gasteiger partial charge < -0.3 is 10.1 Å². The predicted octanol–water partition coefficient (Wildman–Crippen LogP) is 1.96. The summed E-state index contributed by atoms with van der Waals surface area (Å²) < 4.78 is 0. The van der Waals surface area contributed by atoms with E-state index < -0.39 is 0 Å². The second-order valence-corrected chi connectivity index (χ2v) is 8.48. The Kier molecular flexibility index (Phi) is 5.17. The van der Waals surface area contributed by atoms with Gasteiger partial charge in [-0.2, -0.15) is 0 Å². The van der Waals surface area contributed by atoms with Gasteiger partial charge in [-0.1, -0.05) is 0 Å². The summed E-state index contributed by atoms with van der Waals surface area (Å²) in [6.45, 7) is 6.53. The standard InChI is InChI=1S/C18H27N5OS/c24-13-15-10-23(12-17-20-4-8-25-17)7-3-18(15)1-5-22(6-2-18)11-16-9-19-14-21-16/h4,8-9,14-15,24H,1-3,5-7,10-13H2,(H,19,21)/t15-/m1/s1. The van der Waals surface area contributed by atoms with Crippen molar-refractivity contribution in [2.24, 2.45) is 11.3 Å². The lowest BCUT2D eigenvalue weighted by Crippen LogP contribution is -2.53. The van der Waals surface area contributed by atoms with Crippen LogP contribution in [0.2, 0.25) is 0 Å². The minimum atomic E-state index is 0.301. The first-order valence-corrected chi connectivity index (χ1v) is 10.1. The van der Waals surface area contributed by atoms with Crippen LogP contribution in [0.5, 0.6) is 0 Å². The van der Waals surface area contributed by atoms with E-state index in [0.717, 1.165) is 39.3 Å². The van der Waals surface area contributed by atoms with E-state index in [2.05, 4.69) is 24.8 Å². The molecule has 0 amide bonds. The lowest BCUT2D eigenvalue weighted by atomic mass is 9.64. The summed E-state index contributed by atoms with van der Waals surface area (Å²) in [5.41, 5.74) is 1.51. The summed E-state index contributed by atoms with van der Waals surface area (Å²) in [4.78, 5) is 16.7. The van der Waals surface area contributed by atoms with Crippen LogP contribution in [-0.2, 0) is 13.1 Å². The summed E-state index contributed by atoms with van der Waals surface area (Å²) >= 11 is 1.72. The molecule has 2 aromatic heterocycles. The molecule has 2 N–H and O–H groups in total. The molecular weight excluding hydrogens is 334 g/mol. The van der Waals surface area contributed by atoms with Crippen molar-refractivity contribution in [3.63, 3.8) is 0 Å². The number of imidazole rings is 1. The highest BCUT2D eigenvalue weighted by molar-refractivity contribution is 7.09. The van der Waals surface area contributed by atoms with Gasteiger partial charge in [0.1, 0.15) is 5.01 Å². The molecule has 2 aliphatic heterocycles. The number of aromatic amines is 1. The molecule has 0 radical (unpaired) electrons. The molecule has 7 heteroatoms. The molecule has 0 saturated carbocycles. The van der Waals surface area contributed by atoms with Gasteiger partial charge in [0.2, 0.25) is 0 Å². The number of nitrogens with one attached hydrogen (secondary N) is 1. The highest BCUT2D eigenvalue weighted by atomic mass is 32.1. The molecule has 0 unspecified atom stereocenters. The van der Waals surface area contributed by atoms with E-state index in [9.17, 15) is 5.11 Å². The molecule has 1 spiro atoms. The van der Waals surface area contributed by atoms with Crippen molar-refractivity contribution in [1.29, 1.82) is 0 Å². The first-order valence-electron chi connectivity index (χ1n) is 9.19. The minimum Gasteiger partial charge on any atom is -0.396 e. The fourth-order valence-corrected chi connectivity index (χ4v) is 5.18. The average Bonchev–Trinajstić information content (AvgIpc) is 3.33. The number of thiazole rings is 1. The molecule has 136 valence electrons. The molecular formula is C18H27N5OS. The number of likely N-dealkylation sites (tertiary alicyclic amines) is 2. The van der Waals surface area contributed by atoms with Crippen LogP contribution in [0.4, 0.5) is 0 Å². The first kappa shape index (κ1) is 17.1. The highest BCUT2D eigenvalue weighted by Gasteiger charge is 2.44. The number of hydrogen-bond donors (Lipinski definition) is 2. The molecule has 0 bridgehead atoms. The van der Waals surface area contributed by atoms with Crippen molar-refractivity contribution < 1.29 is 5.11 Å². The largest absolute Gasteiger partial charge is 0.396 e. The van der Waals surface area contributed by atoms with Gasteiger partial charge in [-0.15, -0.1) is 11.3 Å². The summed E-state index contributed by atoms with van der Waals surface area (Å²) in [6, 6.07) is 0. The number of aliphatic hydroxyl groups excluding tert-OH is 1. The Morgan fingerprint density at radius 3 is 2.64 bits per heavy atom. The summed E-state index contributed by atoms with van der Waals surface area (Å²) in [5, 5.41) is 13.3. The van der Waals surface area contributed by atoms with Crippen LogP contribution in [0.1, 0.15) is 30.0 Å². The monoisotopic (exact) mass is 361 g/mol. The topological polar surface area (TPSA) is 68.3 Å². The van der Waals surface area contributed by atoms with Gasteiger partial charge in [-0.3, -0.25) is 9.80 Å². The van der Waals surface area contributed by atoms with Gasteiger partial charge in [0.15, 0.2) is 0 Å². The van der Waals surface area contributed by atoms with Crippen molar-refractivity contribution in [1.82, 2.24) is 24.8 Å². The summed E-state index contributed by atoms with van der Waals surface area (Å²) in [7, 11) is 0. The van der Waals surface area contributed by atoms with E-state index in [1.165, 1.54) is 30.0 Å². The molecule has 0 aliphatic carbocycles. The Morgan fingerprint density at radius 2 is 2.00 bits per heavy atom. The molecule has 4 rings (SSSR count). The molecule has 2 fully saturated rings. The summed E-state index contributed by atoms with van der Waals surface area (Å²) in [5.74, 6) is 0.385. The van der Waals surface area contributed by atoms with Crippen LogP contribution in [0.3, 0.4) is 0 Å². The van der Waals surface area contributed by atoms with Crippen LogP contribution >= 0.6 is 11.3 Å². The Labute approximate surface area is 152 Å². The molecule has 25 heavy (non-hydrogen) atoms. The van der Waals surface area contributed by atoms with Crippen LogP contribution < -0.4 is 0 Å². The number of aliphatic hydroxyl groups is 1. The van der Waals surface area contributed by atoms with E-state index >= 15 is 0 Å². The third-order valence-electron chi connectivity index (χ3n) is 6.13. The lowest BCUT2D eigenvalue weighted by molar-refractivity contribution is -0.0451. The van der Waals surface area contributed by atoms with Crippen molar-refractivity contribution in [2.75, 3.05) is 32.8 Å². The van der Waals surface area contributed by atoms with E-state index in [0.29, 0.717) is 17.9 Å². The fourth-order valence-electron chi connectivity index (χ4n) is 4.53. The van der Waals surface area contributed by atoms with Gasteiger partial charge in [0, 0.05) is 49.1 Å². The van der Waals surface area contributed by atoms with E-state index in [4.69, 9.17) is 0 Å². The molecule has 6 nitrogen and oxygen atoms in total. The third-order valence-corrected chi connectivity index (χ3v) is 6.90. The number of aromatic nitrogens is 3. The van der Waals surface area contributed by atoms with Crippen molar-refractivity contribution in [2.45, 2.75) is 32.4 Å². The van der Waals surface area contributed by atoms with E-state index in [-0.39, 0.29) is 0 Å². The zero-order valence-corrected chi connectivity index (χ0v) is 15.4. The van der Waals surface area contributed by atoms with Gasteiger partial charge in [-0.05, 0) is 44.3 Å². The Morgan fingerprint density at radius 1 is 1.20 bits per heavy atom. The van der Waals surface area contributed by atoms with Crippen molar-refractivity contribution in [3.8, 4) is 0 Å². The first-order chi connectivity index (χ1) is 12.3. The molecule has 2 saturated heterocycles. The quantitative estimate of drug-likeness (QED) is 0.852. The van der Waals surface area contributed by atoms with Gasteiger partial charge in [0.25, 0.3) is 0 Å². The van der Waals surface area contributed by atoms with E-state index in [1.54, 1.807) is 17.7 Å². The Balaban J connectivity index is 1.34. The van der Waals surface area contributed by atoms with Crippen molar-refractivity contribution >= 4 is 11.3 Å². The molecule has 1 atom stereocenters. The van der Waals surface area contributed by atoms with Crippen LogP contribution in [-0.4, -0.2) is 62.6 Å². The number of nitrogens with zero attached hydrogens (tertiary/aromatic N) is 4. The Hall–Kier alpha value is -1.28. The van der Waals surface area contributed by atoms with Crippen molar-refractivity contribution in [3.05, 3.63) is 34.8 Å². The molecule has 2 aromatic rings. The zero-order valence-electron chi connectivity index (χ0n) is 14.6. The lowest BCUT2D eigenvalue weighted by Gasteiger charge is -2.51. The zero-order chi connectivity index (χ0) is 17.1.